The van der Waals surface area contributed by atoms with Gasteiger partial charge in [0.1, 0.15) is 11.4 Å². The number of rotatable bonds is 10. The van der Waals surface area contributed by atoms with Gasteiger partial charge in [-0.3, -0.25) is 9.13 Å². The van der Waals surface area contributed by atoms with E-state index in [1.165, 1.54) is 54.9 Å². The van der Waals surface area contributed by atoms with E-state index in [-0.39, 0.29) is 0 Å². The second-order valence-corrected chi connectivity index (χ2v) is 25.9. The smallest absolute Gasteiger partial charge is 0.165 e. The number of pyridine rings is 2. The fourth-order valence-electron chi connectivity index (χ4n) is 15.1. The maximum atomic E-state index is 6.67. The molecule has 0 saturated carbocycles. The lowest BCUT2D eigenvalue weighted by Gasteiger charge is -2.27. The highest BCUT2D eigenvalue weighted by Gasteiger charge is 2.34. The monoisotopic (exact) mass is 1220 g/mol. The van der Waals surface area contributed by atoms with Crippen molar-refractivity contribution in [3.63, 3.8) is 0 Å². The van der Waals surface area contributed by atoms with Crippen molar-refractivity contribution in [1.82, 2.24) is 28.2 Å². The van der Waals surface area contributed by atoms with E-state index in [1.807, 2.05) is 0 Å². The Labute approximate surface area is 550 Å². The van der Waals surface area contributed by atoms with Gasteiger partial charge in [-0.2, -0.15) is 0 Å². The summed E-state index contributed by atoms with van der Waals surface area (Å²) in [6.45, 7) is 13.2. The highest BCUT2D eigenvalue weighted by molar-refractivity contribution is 6.17. The molecule has 0 unspecified atom stereocenters. The van der Waals surface area contributed by atoms with Crippen LogP contribution in [0.5, 0.6) is 0 Å². The van der Waals surface area contributed by atoms with Gasteiger partial charge in [0.2, 0.25) is 0 Å². The molecule has 7 heteroatoms. The van der Waals surface area contributed by atoms with Crippen LogP contribution in [-0.4, -0.2) is 28.2 Å². The Morgan fingerprint density at radius 3 is 0.916 bits per heavy atom. The minimum absolute atomic E-state index is 0.765. The van der Waals surface area contributed by atoms with Crippen LogP contribution < -0.4 is 4.90 Å². The van der Waals surface area contributed by atoms with Crippen LogP contribution in [0.1, 0.15) is 33.4 Å². The number of aryl methyl sites for hydroxylation is 6. The quantitative estimate of drug-likeness (QED) is 0.137. The largest absolute Gasteiger partial charge is 0.310 e. The number of fused-ring (bicyclic) bond motifs is 12. The topological polar surface area (TPSA) is 48.7 Å². The summed E-state index contributed by atoms with van der Waals surface area (Å²) < 4.78 is 10.1. The van der Waals surface area contributed by atoms with Crippen LogP contribution in [0, 0.1) is 41.5 Å². The van der Waals surface area contributed by atoms with Crippen LogP contribution in [0.15, 0.2) is 285 Å². The number of hydrogen-bond donors (Lipinski definition) is 0. The lowest BCUT2D eigenvalue weighted by molar-refractivity contribution is 0.960. The molecule has 18 rings (SSSR count). The predicted molar refractivity (Wildman–Crippen MR) is 399 cm³/mol. The van der Waals surface area contributed by atoms with Crippen LogP contribution in [0.4, 0.5) is 17.1 Å². The summed E-state index contributed by atoms with van der Waals surface area (Å²) >= 11 is 0. The van der Waals surface area contributed by atoms with Gasteiger partial charge in [-0.05, 0) is 181 Å². The molecule has 0 aliphatic rings. The number of nitrogens with zero attached hydrogens (tertiary/aromatic N) is 7. The van der Waals surface area contributed by atoms with Crippen molar-refractivity contribution in [2.45, 2.75) is 41.5 Å². The lowest BCUT2D eigenvalue weighted by Crippen LogP contribution is -2.16. The maximum absolute atomic E-state index is 6.67. The maximum Gasteiger partial charge on any atom is 0.165 e. The van der Waals surface area contributed by atoms with Crippen LogP contribution in [0.25, 0.3) is 144 Å². The van der Waals surface area contributed by atoms with Crippen LogP contribution >= 0.6 is 0 Å². The molecule has 12 aromatic carbocycles. The zero-order chi connectivity index (χ0) is 63.7. The van der Waals surface area contributed by atoms with Crippen molar-refractivity contribution in [2.24, 2.45) is 0 Å². The third-order valence-corrected chi connectivity index (χ3v) is 19.4. The first-order chi connectivity index (χ1) is 46.6. The molecular formula is C88H65N7. The van der Waals surface area contributed by atoms with Gasteiger partial charge in [-0.15, -0.1) is 0 Å². The third kappa shape index (κ3) is 8.95. The van der Waals surface area contributed by atoms with Crippen molar-refractivity contribution in [3.8, 4) is 56.7 Å². The van der Waals surface area contributed by atoms with Gasteiger partial charge in [0.05, 0.1) is 55.5 Å². The van der Waals surface area contributed by atoms with Gasteiger partial charge in [0.25, 0.3) is 0 Å². The van der Waals surface area contributed by atoms with Gasteiger partial charge < -0.3 is 14.0 Å². The SMILES string of the molecule is Cc1ccc2c(c1)c1cc(C)ccc1n2-c1nc(-n2c3ccccc3c3cc(N(c4ccccc4)c4ccccc4)ccc32)c(-n2c3ccc(C)cc3c3cc(C)ccc32)c(-c2cc(-c3ccccc3)nc(-c3ccccc3)c2)c1-n1c2ccc(C)cc2c2cc(C)ccc21. The zero-order valence-corrected chi connectivity index (χ0v) is 53.8. The Morgan fingerprint density at radius 2 is 0.537 bits per heavy atom. The number of anilines is 3. The molecule has 0 spiro atoms. The Morgan fingerprint density at radius 1 is 0.232 bits per heavy atom. The van der Waals surface area contributed by atoms with Gasteiger partial charge in [0, 0.05) is 76.8 Å². The molecule has 0 N–H and O–H groups in total. The van der Waals surface area contributed by atoms with Crippen molar-refractivity contribution < 1.29 is 0 Å². The van der Waals surface area contributed by atoms with Gasteiger partial charge in [-0.1, -0.05) is 185 Å². The fraction of sp³-hybridized carbons (Fsp3) is 0.0682. The summed E-state index contributed by atoms with van der Waals surface area (Å²) in [5, 5.41) is 9.21. The second kappa shape index (κ2) is 21.8. The standard InChI is InChI=1S/C88H65N7/c1-54-31-38-77-67(45-54)68-46-55(2)32-39-78(68)92(77)85-84(62-51-74(60-21-11-7-12-22-60)89-75(52-62)61-23-13-8-14-24-61)86(93-79-40-33-56(3)47-69(79)70-48-57(4)34-41-80(70)93)88(95-81-42-35-58(5)49-71(81)72-50-59(6)36-43-82(72)95)90-87(85)94-76-30-20-19-29-66(76)73-53-65(37-44-83(73)94)91(63-25-15-9-16-26-63)64-27-17-10-18-28-64/h7-53H,1-6H3. The van der Waals surface area contributed by atoms with E-state index in [4.69, 9.17) is 9.97 Å². The molecule has 7 nitrogen and oxygen atoms in total. The molecule has 0 aliphatic carbocycles. The van der Waals surface area contributed by atoms with Crippen LogP contribution in [0.3, 0.4) is 0 Å². The molecule has 18 aromatic rings. The predicted octanol–water partition coefficient (Wildman–Crippen LogP) is 23.2. The van der Waals surface area contributed by atoms with Crippen molar-refractivity contribution >= 4 is 104 Å². The van der Waals surface area contributed by atoms with E-state index in [0.717, 1.165) is 139 Å². The molecule has 0 aliphatic heterocycles. The Kier molecular flexibility index (Phi) is 12.8. The zero-order valence-electron chi connectivity index (χ0n) is 53.8. The number of para-hydroxylation sites is 3. The van der Waals surface area contributed by atoms with Crippen molar-refractivity contribution in [3.05, 3.63) is 318 Å². The van der Waals surface area contributed by atoms with E-state index in [2.05, 4.69) is 350 Å². The molecule has 6 heterocycles. The van der Waals surface area contributed by atoms with E-state index in [9.17, 15) is 0 Å². The summed E-state index contributed by atoms with van der Waals surface area (Å²) in [7, 11) is 0. The highest BCUT2D eigenvalue weighted by atomic mass is 15.2. The molecule has 95 heavy (non-hydrogen) atoms. The average molecular weight is 1220 g/mol. The van der Waals surface area contributed by atoms with Crippen molar-refractivity contribution in [2.75, 3.05) is 4.90 Å². The first-order valence-corrected chi connectivity index (χ1v) is 32.8. The number of benzene rings is 12. The van der Waals surface area contributed by atoms with Crippen molar-refractivity contribution in [1.29, 1.82) is 0 Å². The van der Waals surface area contributed by atoms with E-state index in [0.29, 0.717) is 0 Å². The molecule has 0 bridgehead atoms. The van der Waals surface area contributed by atoms with E-state index in [1.54, 1.807) is 0 Å². The summed E-state index contributed by atoms with van der Waals surface area (Å²) in [6.07, 6.45) is 0. The third-order valence-electron chi connectivity index (χ3n) is 19.4. The van der Waals surface area contributed by atoms with Gasteiger partial charge in [-0.25, -0.2) is 9.97 Å². The molecule has 6 aromatic heterocycles. The summed E-state index contributed by atoms with van der Waals surface area (Å²) in [5.74, 6) is 1.54. The summed E-state index contributed by atoms with van der Waals surface area (Å²) in [6, 6.07) is 105. The van der Waals surface area contributed by atoms with Gasteiger partial charge in [0.15, 0.2) is 11.6 Å². The van der Waals surface area contributed by atoms with E-state index < -0.39 is 0 Å². The Bertz CT molecular complexity index is 5870. The molecule has 0 saturated heterocycles. The Hall–Kier alpha value is -12.1. The fourth-order valence-corrected chi connectivity index (χ4v) is 15.1. The van der Waals surface area contributed by atoms with E-state index >= 15 is 0 Å². The molecule has 0 fully saturated rings. The summed E-state index contributed by atoms with van der Waals surface area (Å²) in [5.41, 5.74) is 26.3. The normalized spacial score (nSPS) is 11.9. The Balaban J connectivity index is 1.13. The minimum Gasteiger partial charge on any atom is -0.310 e. The van der Waals surface area contributed by atoms with Crippen LogP contribution in [0.2, 0.25) is 0 Å². The number of hydrogen-bond acceptors (Lipinski definition) is 3. The first kappa shape index (κ1) is 55.8. The van der Waals surface area contributed by atoms with Crippen LogP contribution in [-0.2, 0) is 0 Å². The molecule has 0 amide bonds. The molecule has 0 atom stereocenters. The molecule has 452 valence electrons. The highest BCUT2D eigenvalue weighted by Crippen LogP contribution is 2.51. The molecular weight excluding hydrogens is 1160 g/mol. The number of aromatic nitrogens is 6. The molecule has 0 radical (unpaired) electrons. The lowest BCUT2D eigenvalue weighted by atomic mass is 9.96. The first-order valence-electron chi connectivity index (χ1n) is 32.8. The minimum atomic E-state index is 0.765. The summed E-state index contributed by atoms with van der Waals surface area (Å²) in [4.78, 5) is 14.7. The second-order valence-electron chi connectivity index (χ2n) is 25.9. The average Bonchev–Trinajstić information content (AvgIpc) is 1.57. The van der Waals surface area contributed by atoms with Gasteiger partial charge >= 0.3 is 0 Å².